The summed E-state index contributed by atoms with van der Waals surface area (Å²) in [5.41, 5.74) is -2.07. The number of aromatic amines is 1. The van der Waals surface area contributed by atoms with Crippen molar-refractivity contribution in [1.29, 1.82) is 0 Å². The molecular weight excluding hydrogens is 288 g/mol. The van der Waals surface area contributed by atoms with E-state index < -0.39 is 40.3 Å². The lowest BCUT2D eigenvalue weighted by Gasteiger charge is -2.07. The number of hydrogen-bond donors (Lipinski definition) is 3. The maximum absolute atomic E-state index is 13.5. The zero-order valence-electron chi connectivity index (χ0n) is 10.2. The minimum absolute atomic E-state index is 0.227. The van der Waals surface area contributed by atoms with Crippen LogP contribution in [0.4, 0.5) is 14.5 Å². The van der Waals surface area contributed by atoms with E-state index >= 15 is 0 Å². The van der Waals surface area contributed by atoms with Crippen LogP contribution in [0.25, 0.3) is 0 Å². The van der Waals surface area contributed by atoms with Crippen LogP contribution in [0.2, 0.25) is 0 Å². The number of carbonyl (C=O) groups is 2. The third kappa shape index (κ3) is 3.08. The molecule has 2 aromatic rings. The third-order valence-electron chi connectivity index (χ3n) is 2.45. The van der Waals surface area contributed by atoms with Gasteiger partial charge in [-0.3, -0.25) is 9.59 Å². The minimum atomic E-state index is -1.61. The molecule has 0 saturated carbocycles. The highest BCUT2D eigenvalue weighted by Gasteiger charge is 2.17. The zero-order chi connectivity index (χ0) is 15.6. The molecule has 0 aliphatic carbocycles. The van der Waals surface area contributed by atoms with Gasteiger partial charge in [0.05, 0.1) is 11.3 Å². The van der Waals surface area contributed by atoms with Gasteiger partial charge in [0, 0.05) is 12.1 Å². The van der Waals surface area contributed by atoms with E-state index in [0.717, 1.165) is 12.1 Å². The summed E-state index contributed by atoms with van der Waals surface area (Å²) >= 11 is 0. The second kappa shape index (κ2) is 5.49. The number of aromatic carboxylic acids is 1. The lowest BCUT2D eigenvalue weighted by atomic mass is 10.1. The number of carbonyl (C=O) groups excluding carboxylic acids is 1. The SMILES string of the molecule is O=C(Nc1cc(C(=O)O)c(F)cc1F)c1ccc(=O)[nH]n1. The van der Waals surface area contributed by atoms with Crippen LogP contribution in [0, 0.1) is 11.6 Å². The zero-order valence-corrected chi connectivity index (χ0v) is 10.2. The van der Waals surface area contributed by atoms with Gasteiger partial charge in [-0.2, -0.15) is 5.10 Å². The number of nitrogens with one attached hydrogen (secondary N) is 2. The molecule has 0 aliphatic heterocycles. The van der Waals surface area contributed by atoms with Crippen molar-refractivity contribution in [3.8, 4) is 0 Å². The van der Waals surface area contributed by atoms with Crippen LogP contribution in [0.5, 0.6) is 0 Å². The van der Waals surface area contributed by atoms with Crippen LogP contribution >= 0.6 is 0 Å². The molecule has 0 spiro atoms. The average Bonchev–Trinajstić information content (AvgIpc) is 2.42. The van der Waals surface area contributed by atoms with E-state index in [1.54, 1.807) is 0 Å². The van der Waals surface area contributed by atoms with Crippen molar-refractivity contribution in [2.75, 3.05) is 5.32 Å². The Balaban J connectivity index is 2.33. The Kier molecular flexibility index (Phi) is 3.74. The lowest BCUT2D eigenvalue weighted by molar-refractivity contribution is 0.0691. The molecule has 0 unspecified atom stereocenters. The monoisotopic (exact) mass is 295 g/mol. The van der Waals surface area contributed by atoms with Gasteiger partial charge in [0.1, 0.15) is 17.3 Å². The van der Waals surface area contributed by atoms with Crippen LogP contribution in [0.3, 0.4) is 0 Å². The fourth-order valence-electron chi connectivity index (χ4n) is 1.47. The van der Waals surface area contributed by atoms with E-state index in [0.29, 0.717) is 12.1 Å². The smallest absolute Gasteiger partial charge is 0.338 e. The predicted octanol–water partition coefficient (Wildman–Crippen LogP) is 0.999. The Morgan fingerprint density at radius 1 is 1.19 bits per heavy atom. The van der Waals surface area contributed by atoms with Gasteiger partial charge in [-0.05, 0) is 12.1 Å². The topological polar surface area (TPSA) is 112 Å². The maximum atomic E-state index is 13.5. The van der Waals surface area contributed by atoms with E-state index in [1.807, 2.05) is 10.4 Å². The summed E-state index contributed by atoms with van der Waals surface area (Å²) < 4.78 is 26.7. The summed E-state index contributed by atoms with van der Waals surface area (Å²) in [7, 11) is 0. The maximum Gasteiger partial charge on any atom is 0.338 e. The number of aromatic nitrogens is 2. The Morgan fingerprint density at radius 3 is 2.48 bits per heavy atom. The van der Waals surface area contributed by atoms with Crippen molar-refractivity contribution in [1.82, 2.24) is 10.2 Å². The first-order valence-electron chi connectivity index (χ1n) is 5.48. The molecule has 1 heterocycles. The highest BCUT2D eigenvalue weighted by atomic mass is 19.1. The molecule has 0 saturated heterocycles. The van der Waals surface area contributed by atoms with Crippen LogP contribution in [-0.2, 0) is 0 Å². The molecule has 0 aliphatic rings. The fraction of sp³-hybridized carbons (Fsp3) is 0. The molecule has 3 N–H and O–H groups in total. The summed E-state index contributed by atoms with van der Waals surface area (Å²) in [5, 5.41) is 16.2. The van der Waals surface area contributed by atoms with Gasteiger partial charge in [0.15, 0.2) is 0 Å². The van der Waals surface area contributed by atoms with E-state index in [1.165, 1.54) is 0 Å². The quantitative estimate of drug-likeness (QED) is 0.782. The van der Waals surface area contributed by atoms with Crippen LogP contribution < -0.4 is 10.9 Å². The third-order valence-corrected chi connectivity index (χ3v) is 2.45. The molecule has 1 aromatic heterocycles. The Bertz CT molecular complexity index is 768. The van der Waals surface area contributed by atoms with E-state index in [2.05, 4.69) is 5.10 Å². The molecule has 1 amide bonds. The largest absolute Gasteiger partial charge is 0.478 e. The fourth-order valence-corrected chi connectivity index (χ4v) is 1.47. The Hall–Kier alpha value is -3.10. The average molecular weight is 295 g/mol. The lowest BCUT2D eigenvalue weighted by Crippen LogP contribution is -2.18. The normalized spacial score (nSPS) is 10.2. The van der Waals surface area contributed by atoms with Gasteiger partial charge >= 0.3 is 5.97 Å². The number of halogens is 2. The van der Waals surface area contributed by atoms with E-state index in [4.69, 9.17) is 5.11 Å². The number of hydrogen-bond acceptors (Lipinski definition) is 4. The standard InChI is InChI=1S/C12H7F2N3O4/c13-6-4-7(14)9(3-5(6)12(20)21)15-11(19)8-1-2-10(18)17-16-8/h1-4H,(H,15,19)(H,17,18)(H,20,21). The minimum Gasteiger partial charge on any atom is -0.478 e. The second-order valence-corrected chi connectivity index (χ2v) is 3.88. The van der Waals surface area contributed by atoms with Crippen molar-refractivity contribution in [3.63, 3.8) is 0 Å². The first kappa shape index (κ1) is 14.3. The first-order chi connectivity index (χ1) is 9.88. The highest BCUT2D eigenvalue weighted by molar-refractivity contribution is 6.03. The number of amides is 1. The molecule has 2 rings (SSSR count). The Morgan fingerprint density at radius 2 is 1.90 bits per heavy atom. The molecule has 9 heteroatoms. The van der Waals surface area contributed by atoms with Crippen molar-refractivity contribution < 1.29 is 23.5 Å². The number of benzene rings is 1. The van der Waals surface area contributed by atoms with Crippen molar-refractivity contribution in [2.45, 2.75) is 0 Å². The molecule has 0 radical (unpaired) electrons. The molecule has 21 heavy (non-hydrogen) atoms. The summed E-state index contributed by atoms with van der Waals surface area (Å²) in [4.78, 5) is 33.3. The molecular formula is C12H7F2N3O4. The van der Waals surface area contributed by atoms with Crippen molar-refractivity contribution in [2.24, 2.45) is 0 Å². The van der Waals surface area contributed by atoms with Crippen LogP contribution in [0.1, 0.15) is 20.8 Å². The van der Waals surface area contributed by atoms with Crippen LogP contribution in [-0.4, -0.2) is 27.2 Å². The number of anilines is 1. The summed E-state index contributed by atoms with van der Waals surface area (Å²) in [6.07, 6.45) is 0. The second-order valence-electron chi connectivity index (χ2n) is 3.88. The highest BCUT2D eigenvalue weighted by Crippen LogP contribution is 2.20. The molecule has 0 bridgehead atoms. The Labute approximate surface area is 115 Å². The number of rotatable bonds is 3. The predicted molar refractivity (Wildman–Crippen MR) is 66.1 cm³/mol. The number of nitrogens with zero attached hydrogens (tertiary/aromatic N) is 1. The molecule has 1 aromatic carbocycles. The molecule has 0 atom stereocenters. The van der Waals surface area contributed by atoms with Gasteiger partial charge in [-0.1, -0.05) is 0 Å². The van der Waals surface area contributed by atoms with Crippen LogP contribution in [0.15, 0.2) is 29.1 Å². The van der Waals surface area contributed by atoms with Gasteiger partial charge < -0.3 is 10.4 Å². The summed E-state index contributed by atoms with van der Waals surface area (Å²) in [6.45, 7) is 0. The van der Waals surface area contributed by atoms with E-state index in [-0.39, 0.29) is 5.69 Å². The van der Waals surface area contributed by atoms with Gasteiger partial charge in [0.25, 0.3) is 11.5 Å². The molecule has 0 fully saturated rings. The van der Waals surface area contributed by atoms with E-state index in [9.17, 15) is 23.2 Å². The summed E-state index contributed by atoms with van der Waals surface area (Å²) in [6, 6.07) is 3.12. The number of carboxylic acids is 1. The van der Waals surface area contributed by atoms with Gasteiger partial charge in [-0.15, -0.1) is 0 Å². The summed E-state index contributed by atoms with van der Waals surface area (Å²) in [5.74, 6) is -4.91. The number of carboxylic acid groups (broad SMARTS) is 1. The first-order valence-corrected chi connectivity index (χ1v) is 5.48. The molecule has 108 valence electrons. The van der Waals surface area contributed by atoms with Gasteiger partial charge in [-0.25, -0.2) is 18.7 Å². The van der Waals surface area contributed by atoms with Gasteiger partial charge in [0.2, 0.25) is 0 Å². The van der Waals surface area contributed by atoms with Crippen molar-refractivity contribution in [3.05, 3.63) is 57.5 Å². The van der Waals surface area contributed by atoms with Crippen molar-refractivity contribution >= 4 is 17.6 Å². The number of H-pyrrole nitrogens is 1. The molecule has 7 nitrogen and oxygen atoms in total.